The number of rotatable bonds is 8. The lowest BCUT2D eigenvalue weighted by Gasteiger charge is -2.12. The molecule has 29 heavy (non-hydrogen) atoms. The Bertz CT molecular complexity index is 978. The molecule has 0 atom stereocenters. The molecule has 2 aromatic carbocycles. The molecule has 0 aliphatic heterocycles. The normalized spacial score (nSPS) is 10.6. The van der Waals surface area contributed by atoms with E-state index >= 15 is 0 Å². The molecule has 152 valence electrons. The smallest absolute Gasteiger partial charge is 0.259 e. The van der Waals surface area contributed by atoms with E-state index in [4.69, 9.17) is 9.47 Å². The van der Waals surface area contributed by atoms with Gasteiger partial charge in [-0.05, 0) is 44.0 Å². The van der Waals surface area contributed by atoms with Crippen LogP contribution in [0.1, 0.15) is 41.9 Å². The molecule has 0 saturated carbocycles. The first-order chi connectivity index (χ1) is 14.0. The number of aromatic nitrogens is 2. The number of hydrogen-bond donors (Lipinski definition) is 1. The van der Waals surface area contributed by atoms with Crippen molar-refractivity contribution in [2.45, 2.75) is 33.6 Å². The number of amides is 1. The Balaban J connectivity index is 1.82. The van der Waals surface area contributed by atoms with Crippen LogP contribution in [0.2, 0.25) is 0 Å². The third kappa shape index (κ3) is 4.77. The van der Waals surface area contributed by atoms with Crippen LogP contribution in [0.5, 0.6) is 11.5 Å². The monoisotopic (exact) mass is 393 g/mol. The fourth-order valence-electron chi connectivity index (χ4n) is 2.97. The second-order valence-electron chi connectivity index (χ2n) is 6.79. The largest absolute Gasteiger partial charge is 0.493 e. The highest BCUT2D eigenvalue weighted by Gasteiger charge is 2.17. The van der Waals surface area contributed by atoms with E-state index in [1.165, 1.54) is 5.56 Å². The van der Waals surface area contributed by atoms with E-state index in [0.29, 0.717) is 35.8 Å². The van der Waals surface area contributed by atoms with Crippen molar-refractivity contribution in [3.63, 3.8) is 0 Å². The molecule has 1 heterocycles. The van der Waals surface area contributed by atoms with Gasteiger partial charge in [-0.15, -0.1) is 0 Å². The number of nitrogens with one attached hydrogen (secondary N) is 1. The van der Waals surface area contributed by atoms with Crippen molar-refractivity contribution in [2.24, 2.45) is 0 Å². The zero-order valence-electron chi connectivity index (χ0n) is 17.4. The number of anilines is 1. The summed E-state index contributed by atoms with van der Waals surface area (Å²) in [6.45, 7) is 6.68. The molecule has 0 aliphatic rings. The summed E-state index contributed by atoms with van der Waals surface area (Å²) in [4.78, 5) is 12.9. The predicted octanol–water partition coefficient (Wildman–Crippen LogP) is 4.79. The number of nitrogens with zero attached hydrogens (tertiary/aromatic N) is 2. The molecule has 0 aliphatic carbocycles. The summed E-state index contributed by atoms with van der Waals surface area (Å²) in [5, 5.41) is 7.52. The van der Waals surface area contributed by atoms with Crippen LogP contribution in [0.15, 0.2) is 48.7 Å². The van der Waals surface area contributed by atoms with Gasteiger partial charge in [-0.2, -0.15) is 5.10 Å². The zero-order valence-corrected chi connectivity index (χ0v) is 17.4. The van der Waals surface area contributed by atoms with Gasteiger partial charge in [0.2, 0.25) is 0 Å². The van der Waals surface area contributed by atoms with Gasteiger partial charge in [0.25, 0.3) is 5.91 Å². The van der Waals surface area contributed by atoms with Crippen LogP contribution in [0, 0.1) is 6.92 Å². The van der Waals surface area contributed by atoms with Crippen molar-refractivity contribution >= 4 is 11.6 Å². The van der Waals surface area contributed by atoms with Crippen molar-refractivity contribution in [2.75, 3.05) is 19.0 Å². The first-order valence-corrected chi connectivity index (χ1v) is 9.83. The van der Waals surface area contributed by atoms with Gasteiger partial charge >= 0.3 is 0 Å². The molecule has 1 N–H and O–H groups in total. The fourth-order valence-corrected chi connectivity index (χ4v) is 2.97. The third-order valence-corrected chi connectivity index (χ3v) is 4.55. The van der Waals surface area contributed by atoms with Gasteiger partial charge in [0.1, 0.15) is 0 Å². The minimum atomic E-state index is -0.204. The second kappa shape index (κ2) is 9.28. The molecule has 0 unspecified atom stereocenters. The van der Waals surface area contributed by atoms with Crippen LogP contribution < -0.4 is 14.8 Å². The summed E-state index contributed by atoms with van der Waals surface area (Å²) in [6, 6.07) is 13.4. The van der Waals surface area contributed by atoms with Gasteiger partial charge in [-0.3, -0.25) is 4.79 Å². The first kappa shape index (κ1) is 20.5. The lowest BCUT2D eigenvalue weighted by atomic mass is 10.2. The number of carbonyl (C=O) groups is 1. The average molecular weight is 393 g/mol. The number of methoxy groups -OCH3 is 1. The molecule has 3 aromatic rings. The number of hydrogen-bond acceptors (Lipinski definition) is 4. The molecule has 0 radical (unpaired) electrons. The van der Waals surface area contributed by atoms with E-state index in [1.807, 2.05) is 45.0 Å². The summed E-state index contributed by atoms with van der Waals surface area (Å²) < 4.78 is 12.8. The van der Waals surface area contributed by atoms with Crippen molar-refractivity contribution in [3.05, 3.63) is 65.5 Å². The zero-order chi connectivity index (χ0) is 20.8. The van der Waals surface area contributed by atoms with Crippen LogP contribution in [-0.4, -0.2) is 29.4 Å². The maximum atomic E-state index is 12.9. The van der Waals surface area contributed by atoms with Crippen LogP contribution in [0.3, 0.4) is 0 Å². The summed E-state index contributed by atoms with van der Waals surface area (Å²) in [5.74, 6) is 1.04. The summed E-state index contributed by atoms with van der Waals surface area (Å²) in [7, 11) is 1.58. The second-order valence-corrected chi connectivity index (χ2v) is 6.79. The van der Waals surface area contributed by atoms with Crippen molar-refractivity contribution < 1.29 is 14.3 Å². The van der Waals surface area contributed by atoms with Gasteiger partial charge in [-0.1, -0.05) is 31.5 Å². The molecule has 0 bridgehead atoms. The van der Waals surface area contributed by atoms with Gasteiger partial charge in [-0.25, -0.2) is 4.68 Å². The first-order valence-electron chi connectivity index (χ1n) is 9.83. The van der Waals surface area contributed by atoms with E-state index in [2.05, 4.69) is 10.4 Å². The van der Waals surface area contributed by atoms with E-state index in [-0.39, 0.29) is 5.91 Å². The van der Waals surface area contributed by atoms with E-state index in [0.717, 1.165) is 17.8 Å². The molecular formula is C23H27N3O3. The Hall–Kier alpha value is -3.28. The highest BCUT2D eigenvalue weighted by molar-refractivity contribution is 6.05. The predicted molar refractivity (Wildman–Crippen MR) is 114 cm³/mol. The van der Waals surface area contributed by atoms with Crippen LogP contribution in [0.25, 0.3) is 5.69 Å². The van der Waals surface area contributed by atoms with Crippen LogP contribution in [0.4, 0.5) is 5.69 Å². The summed E-state index contributed by atoms with van der Waals surface area (Å²) in [5.41, 5.74) is 4.04. The molecule has 0 spiro atoms. The standard InChI is InChI=1S/C23H27N3O3/c1-5-13-29-21-12-9-17(14-22(21)28-4)24-23(27)19-15-26(25-20(19)6-2)18-10-7-16(3)8-11-18/h7-12,14-15H,5-6,13H2,1-4H3,(H,24,27). The fraction of sp³-hybridized carbons (Fsp3) is 0.304. The number of ether oxygens (including phenoxy) is 2. The van der Waals surface area contributed by atoms with Crippen molar-refractivity contribution in [1.82, 2.24) is 9.78 Å². The van der Waals surface area contributed by atoms with Crippen LogP contribution >= 0.6 is 0 Å². The van der Waals surface area contributed by atoms with Gasteiger partial charge < -0.3 is 14.8 Å². The Morgan fingerprint density at radius 3 is 2.52 bits per heavy atom. The maximum absolute atomic E-state index is 12.9. The van der Waals surface area contributed by atoms with Gasteiger partial charge in [0.15, 0.2) is 11.5 Å². The highest BCUT2D eigenvalue weighted by Crippen LogP contribution is 2.30. The minimum Gasteiger partial charge on any atom is -0.493 e. The number of carbonyl (C=O) groups excluding carboxylic acids is 1. The molecule has 6 nitrogen and oxygen atoms in total. The lowest BCUT2D eigenvalue weighted by Crippen LogP contribution is -2.13. The van der Waals surface area contributed by atoms with Gasteiger partial charge in [0, 0.05) is 18.0 Å². The maximum Gasteiger partial charge on any atom is 0.259 e. The third-order valence-electron chi connectivity index (χ3n) is 4.55. The van der Waals surface area contributed by atoms with E-state index in [1.54, 1.807) is 36.2 Å². The van der Waals surface area contributed by atoms with E-state index in [9.17, 15) is 4.79 Å². The molecule has 0 saturated heterocycles. The van der Waals surface area contributed by atoms with Crippen LogP contribution in [-0.2, 0) is 6.42 Å². The Morgan fingerprint density at radius 2 is 1.86 bits per heavy atom. The van der Waals surface area contributed by atoms with Crippen molar-refractivity contribution in [1.29, 1.82) is 0 Å². The molecule has 3 rings (SSSR count). The SMILES string of the molecule is CCCOc1ccc(NC(=O)c2cn(-c3ccc(C)cc3)nc2CC)cc1OC. The lowest BCUT2D eigenvalue weighted by molar-refractivity contribution is 0.102. The average Bonchev–Trinajstić information content (AvgIpc) is 3.18. The van der Waals surface area contributed by atoms with E-state index < -0.39 is 0 Å². The molecule has 1 amide bonds. The number of aryl methyl sites for hydroxylation is 2. The quantitative estimate of drug-likeness (QED) is 0.597. The summed E-state index contributed by atoms with van der Waals surface area (Å²) >= 11 is 0. The Morgan fingerprint density at radius 1 is 1.10 bits per heavy atom. The topological polar surface area (TPSA) is 65.4 Å². The Kier molecular flexibility index (Phi) is 6.54. The number of benzene rings is 2. The van der Waals surface area contributed by atoms with Gasteiger partial charge in [0.05, 0.1) is 30.7 Å². The molecule has 1 aromatic heterocycles. The molecule has 0 fully saturated rings. The summed E-state index contributed by atoms with van der Waals surface area (Å²) in [6.07, 6.45) is 3.34. The highest BCUT2D eigenvalue weighted by atomic mass is 16.5. The molecule has 6 heteroatoms. The minimum absolute atomic E-state index is 0.204. The molecular weight excluding hydrogens is 366 g/mol. The van der Waals surface area contributed by atoms with Crippen molar-refractivity contribution in [3.8, 4) is 17.2 Å². The Labute approximate surface area is 171 Å².